The first-order valence-electron chi connectivity index (χ1n) is 3.48. The molecule has 11 heavy (non-hydrogen) atoms. The molecule has 4 heteroatoms. The Kier molecular flexibility index (Phi) is 3.10. The number of fused-ring (bicyclic) bond motifs is 1. The quantitative estimate of drug-likeness (QED) is 0.575. The van der Waals surface area contributed by atoms with Gasteiger partial charge in [-0.15, -0.1) is 0 Å². The fraction of sp³-hybridized carbons (Fsp3) is 0.857. The summed E-state index contributed by atoms with van der Waals surface area (Å²) in [4.78, 5) is 0. The van der Waals surface area contributed by atoms with Crippen molar-refractivity contribution in [2.75, 3.05) is 6.61 Å². The second-order valence-corrected chi connectivity index (χ2v) is 3.11. The molecule has 0 radical (unpaired) electrons. The molecule has 2 heterocycles. The molecule has 0 amide bonds. The molecule has 2 unspecified atom stereocenters. The molecule has 2 rings (SSSR count). The van der Waals surface area contributed by atoms with Crippen molar-refractivity contribution in [2.24, 2.45) is 0 Å². The zero-order chi connectivity index (χ0) is 7.19. The smallest absolute Gasteiger partial charge is 0.548 e. The van der Waals surface area contributed by atoms with Crippen LogP contribution in [0.4, 0.5) is 0 Å². The van der Waals surface area contributed by atoms with Crippen molar-refractivity contribution < 1.29 is 46.9 Å². The topological polar surface area (TPSA) is 27.7 Å². The monoisotopic (exact) mass is 232 g/mol. The van der Waals surface area contributed by atoms with Gasteiger partial charge in [0.1, 0.15) is 0 Å². The summed E-state index contributed by atoms with van der Waals surface area (Å²) in [6.07, 6.45) is 0.171. The van der Waals surface area contributed by atoms with E-state index < -0.39 is 5.79 Å². The van der Waals surface area contributed by atoms with E-state index in [-0.39, 0.29) is 44.9 Å². The van der Waals surface area contributed by atoms with Crippen LogP contribution in [0.2, 0.25) is 0 Å². The van der Waals surface area contributed by atoms with Crippen molar-refractivity contribution in [3.05, 3.63) is 6.61 Å². The average Bonchev–Trinajstić information content (AvgIpc) is 2.20. The SMILES string of the molecule is CC1(C)OC2[CH-]OCC2O1.[Y+3]. The second-order valence-electron chi connectivity index (χ2n) is 3.11. The first-order chi connectivity index (χ1) is 4.67. The third kappa shape index (κ3) is 2.01. The minimum atomic E-state index is -0.421. The Morgan fingerprint density at radius 3 is 2.73 bits per heavy atom. The molecule has 2 aliphatic heterocycles. The summed E-state index contributed by atoms with van der Waals surface area (Å²) in [7, 11) is 0. The summed E-state index contributed by atoms with van der Waals surface area (Å²) >= 11 is 0. The van der Waals surface area contributed by atoms with Crippen LogP contribution in [0.3, 0.4) is 0 Å². The summed E-state index contributed by atoms with van der Waals surface area (Å²) in [5, 5.41) is 0. The molecule has 2 aliphatic rings. The van der Waals surface area contributed by atoms with Crippen LogP contribution in [0.1, 0.15) is 13.8 Å². The molecule has 0 aliphatic carbocycles. The number of hydrogen-bond acceptors (Lipinski definition) is 3. The van der Waals surface area contributed by atoms with Crippen molar-refractivity contribution in [3.63, 3.8) is 0 Å². The molecule has 0 bridgehead atoms. The molecule has 0 aromatic carbocycles. The Balaban J connectivity index is 0.000000605. The Labute approximate surface area is 91.6 Å². The molecule has 0 aromatic heterocycles. The van der Waals surface area contributed by atoms with Gasteiger partial charge in [0.05, 0.1) is 6.10 Å². The van der Waals surface area contributed by atoms with Crippen molar-refractivity contribution in [1.29, 1.82) is 0 Å². The molecule has 0 N–H and O–H groups in total. The van der Waals surface area contributed by atoms with Crippen LogP contribution in [-0.4, -0.2) is 24.6 Å². The number of rotatable bonds is 0. The molecule has 0 spiro atoms. The van der Waals surface area contributed by atoms with Gasteiger partial charge < -0.3 is 14.2 Å². The molecule has 58 valence electrons. The molecule has 2 saturated heterocycles. The maximum atomic E-state index is 5.49. The Bertz CT molecular complexity index is 135. The van der Waals surface area contributed by atoms with Crippen LogP contribution in [0, 0.1) is 6.61 Å². The van der Waals surface area contributed by atoms with Gasteiger partial charge in [-0.05, 0) is 20.0 Å². The molecule has 2 atom stereocenters. The maximum absolute atomic E-state index is 5.49. The fourth-order valence-corrected chi connectivity index (χ4v) is 1.35. The van der Waals surface area contributed by atoms with Crippen LogP contribution in [0.15, 0.2) is 0 Å². The summed E-state index contributed by atoms with van der Waals surface area (Å²) in [5.41, 5.74) is 0. The fourth-order valence-electron chi connectivity index (χ4n) is 1.35. The Morgan fingerprint density at radius 1 is 1.36 bits per heavy atom. The Hall–Kier alpha value is 0.984. The van der Waals surface area contributed by atoms with Gasteiger partial charge in [-0.3, -0.25) is 0 Å². The second kappa shape index (κ2) is 3.39. The van der Waals surface area contributed by atoms with E-state index in [4.69, 9.17) is 14.2 Å². The van der Waals surface area contributed by atoms with E-state index in [1.165, 1.54) is 0 Å². The van der Waals surface area contributed by atoms with Crippen LogP contribution >= 0.6 is 0 Å². The summed E-state index contributed by atoms with van der Waals surface area (Å²) in [6.45, 7) is 6.17. The van der Waals surface area contributed by atoms with Crippen molar-refractivity contribution in [2.45, 2.75) is 31.8 Å². The molecule has 0 aromatic rings. The minimum absolute atomic E-state index is 0. The van der Waals surface area contributed by atoms with E-state index in [0.29, 0.717) is 6.61 Å². The van der Waals surface area contributed by atoms with Crippen molar-refractivity contribution >= 4 is 0 Å². The molecule has 3 nitrogen and oxygen atoms in total. The van der Waals surface area contributed by atoms with Crippen LogP contribution in [-0.2, 0) is 46.9 Å². The maximum Gasteiger partial charge on any atom is 3.00 e. The van der Waals surface area contributed by atoms with Crippen molar-refractivity contribution in [3.8, 4) is 0 Å². The van der Waals surface area contributed by atoms with Gasteiger partial charge in [0, 0.05) is 6.61 Å². The molecular weight excluding hydrogens is 221 g/mol. The molecular formula is C7H11O3Y+2. The van der Waals surface area contributed by atoms with Gasteiger partial charge in [0.2, 0.25) is 0 Å². The summed E-state index contributed by atoms with van der Waals surface area (Å²) in [6, 6.07) is 0. The average molecular weight is 232 g/mol. The van der Waals surface area contributed by atoms with Gasteiger partial charge in [0.15, 0.2) is 5.79 Å². The van der Waals surface area contributed by atoms with Crippen LogP contribution < -0.4 is 0 Å². The van der Waals surface area contributed by atoms with Gasteiger partial charge in [-0.25, -0.2) is 0 Å². The van der Waals surface area contributed by atoms with E-state index in [9.17, 15) is 0 Å². The standard InChI is InChI=1S/C7H11O3.Y/c1-7(2)9-5-3-8-4-6(5)10-7;/h3,5-6H,4H2,1-2H3;/q-1;+3. The molecule has 2 fully saturated rings. The first-order valence-corrected chi connectivity index (χ1v) is 3.48. The van der Waals surface area contributed by atoms with E-state index in [0.717, 1.165) is 0 Å². The predicted octanol–water partition coefficient (Wildman–Crippen LogP) is 0.696. The van der Waals surface area contributed by atoms with E-state index >= 15 is 0 Å². The third-order valence-electron chi connectivity index (χ3n) is 1.71. The zero-order valence-corrected chi connectivity index (χ0v) is 9.58. The van der Waals surface area contributed by atoms with E-state index in [2.05, 4.69) is 0 Å². The number of hydrogen-bond donors (Lipinski definition) is 0. The largest absolute Gasteiger partial charge is 3.00 e. The first kappa shape index (κ1) is 10.1. The van der Waals surface area contributed by atoms with E-state index in [1.807, 2.05) is 13.8 Å². The summed E-state index contributed by atoms with van der Waals surface area (Å²) < 4.78 is 16.0. The Morgan fingerprint density at radius 2 is 2.09 bits per heavy atom. The third-order valence-corrected chi connectivity index (χ3v) is 1.71. The van der Waals surface area contributed by atoms with E-state index in [1.54, 1.807) is 6.61 Å². The van der Waals surface area contributed by atoms with Crippen LogP contribution in [0.25, 0.3) is 0 Å². The predicted molar refractivity (Wildman–Crippen MR) is 34.1 cm³/mol. The van der Waals surface area contributed by atoms with Crippen molar-refractivity contribution in [1.82, 2.24) is 0 Å². The van der Waals surface area contributed by atoms with Gasteiger partial charge >= 0.3 is 32.7 Å². The van der Waals surface area contributed by atoms with Gasteiger partial charge in [0.25, 0.3) is 0 Å². The van der Waals surface area contributed by atoms with Gasteiger partial charge in [-0.2, -0.15) is 6.61 Å². The zero-order valence-electron chi connectivity index (χ0n) is 6.74. The number of ether oxygens (including phenoxy) is 3. The minimum Gasteiger partial charge on any atom is -0.548 e. The van der Waals surface area contributed by atoms with Crippen LogP contribution in [0.5, 0.6) is 0 Å². The molecule has 0 saturated carbocycles. The van der Waals surface area contributed by atoms with Gasteiger partial charge in [-0.1, -0.05) is 0 Å². The summed E-state index contributed by atoms with van der Waals surface area (Å²) in [5.74, 6) is -0.421. The normalized spacial score (nSPS) is 39.8.